The number of nitrogens with zero attached hydrogens (tertiary/aromatic N) is 4. The Morgan fingerprint density at radius 3 is 1.85 bits per heavy atom. The van der Waals surface area contributed by atoms with E-state index in [-0.39, 0.29) is 99.2 Å². The van der Waals surface area contributed by atoms with Crippen LogP contribution in [0.1, 0.15) is 150 Å². The molecule has 0 spiro atoms. The molecule has 3 fully saturated rings. The standard InChI is InChI=1S/C70H111N13O14/c1-15-43(8)61(81(12)68(92)59(41(4)5)78-67(91)60(42(6)7)80(10)11)54(96-13)38-57(86)82-34-20-24-53(82)62(97-14)44(9)63(87)76-52(35-45-21-17-16-18-22-45)64(88)73-39-46-25-27-48(28-26-46)74-65(89)51(23-19-33-72-70(71)95)75-66(90)58(40(2)3)77-55(84)31-32-56(85)79-83-49-29-30-50(83)37-47(36-49)69(93)94/h16-18,21-22,25-28,40-44,47,49-54,58-62H,15,19-20,23-24,29-39H2,1-14H3,(H,73,88)(H,74,89)(H,75,90)(H,76,87)(H,77,84)(H,78,91)(H,79,85)(H,93,94)(H3,71,72,95)/t43-,44+,47?,49?,50?,51-,52-,53-,54+,58-,59-,60-,61-,62+/m0/s1. The smallest absolute Gasteiger partial charge is 0.312 e. The molecule has 3 saturated heterocycles. The first kappa shape index (κ1) is 79.9. The zero-order valence-electron chi connectivity index (χ0n) is 59.4. The Hall–Kier alpha value is -7.75. The summed E-state index contributed by atoms with van der Waals surface area (Å²) in [5, 5.41) is 31.1. The number of likely N-dealkylation sites (N-methyl/N-ethyl adjacent to an activating group) is 2. The third kappa shape index (κ3) is 23.2. The van der Waals surface area contributed by atoms with E-state index in [0.717, 1.165) is 18.4 Å². The van der Waals surface area contributed by atoms with Crippen LogP contribution in [0, 0.1) is 35.5 Å². The molecular weight excluding hydrogens is 1250 g/mol. The van der Waals surface area contributed by atoms with Crippen molar-refractivity contribution in [2.75, 3.05) is 53.8 Å². The number of rotatable bonds is 38. The summed E-state index contributed by atoms with van der Waals surface area (Å²) in [5.74, 6) is -6.87. The molecule has 13 atom stereocenters. The molecule has 0 aliphatic carbocycles. The van der Waals surface area contributed by atoms with Crippen LogP contribution in [0.15, 0.2) is 54.6 Å². The van der Waals surface area contributed by atoms with Crippen molar-refractivity contribution in [2.24, 2.45) is 41.2 Å². The van der Waals surface area contributed by atoms with Crippen LogP contribution >= 0.6 is 0 Å². The van der Waals surface area contributed by atoms with E-state index in [0.29, 0.717) is 49.9 Å². The van der Waals surface area contributed by atoms with Gasteiger partial charge in [0.15, 0.2) is 0 Å². The van der Waals surface area contributed by atoms with E-state index >= 15 is 0 Å². The number of ether oxygens (including phenoxy) is 2. The lowest BCUT2D eigenvalue weighted by Crippen LogP contribution is -2.59. The molecule has 2 bridgehead atoms. The van der Waals surface area contributed by atoms with Crippen molar-refractivity contribution >= 4 is 70.9 Å². The molecule has 0 aromatic heterocycles. The molecule has 5 rings (SSSR count). The van der Waals surface area contributed by atoms with Gasteiger partial charge in [-0.15, -0.1) is 0 Å². The van der Waals surface area contributed by atoms with Gasteiger partial charge in [0.25, 0.3) is 0 Å². The summed E-state index contributed by atoms with van der Waals surface area (Å²) in [5.41, 5.74) is 9.92. The van der Waals surface area contributed by atoms with Gasteiger partial charge in [0, 0.05) is 77.9 Å². The Kier molecular flexibility index (Phi) is 31.7. The number of piperidine rings is 1. The fourth-order valence-corrected chi connectivity index (χ4v) is 13.8. The fraction of sp³-hybridized carbons (Fsp3) is 0.671. The van der Waals surface area contributed by atoms with Gasteiger partial charge in [-0.25, -0.2) is 9.80 Å². The molecule has 2 aromatic carbocycles. The zero-order valence-corrected chi connectivity index (χ0v) is 59.4. The number of hydrogen-bond acceptors (Lipinski definition) is 15. The molecule has 27 nitrogen and oxygen atoms in total. The monoisotopic (exact) mass is 1360 g/mol. The van der Waals surface area contributed by atoms with Crippen LogP contribution in [-0.2, 0) is 70.4 Å². The van der Waals surface area contributed by atoms with Gasteiger partial charge in [0.1, 0.15) is 24.2 Å². The van der Waals surface area contributed by atoms with E-state index in [1.807, 2.05) is 95.9 Å². The number of carboxylic acid groups (broad SMARTS) is 1. The maximum Gasteiger partial charge on any atom is 0.312 e. The average molecular weight is 1360 g/mol. The quantitative estimate of drug-likeness (QED) is 0.0427. The first-order chi connectivity index (χ1) is 45.9. The van der Waals surface area contributed by atoms with Gasteiger partial charge in [0.05, 0.1) is 48.6 Å². The Labute approximate surface area is 572 Å². The minimum absolute atomic E-state index is 0.00837. The van der Waals surface area contributed by atoms with E-state index in [2.05, 4.69) is 42.6 Å². The van der Waals surface area contributed by atoms with Gasteiger partial charge in [-0.05, 0) is 112 Å². The molecule has 27 heteroatoms. The van der Waals surface area contributed by atoms with Crippen LogP contribution in [0.25, 0.3) is 0 Å². The Morgan fingerprint density at radius 1 is 0.670 bits per heavy atom. The number of aliphatic carboxylic acids is 1. The number of nitrogens with two attached hydrogens (primary N) is 1. The van der Waals surface area contributed by atoms with Crippen LogP contribution < -0.4 is 48.4 Å². The summed E-state index contributed by atoms with van der Waals surface area (Å²) >= 11 is 0. The third-order valence-electron chi connectivity index (χ3n) is 19.3. The lowest BCUT2D eigenvalue weighted by Gasteiger charge is -2.41. The highest BCUT2D eigenvalue weighted by molar-refractivity contribution is 5.99. The van der Waals surface area contributed by atoms with Crippen molar-refractivity contribution < 1.29 is 67.3 Å². The molecule has 2 aromatic rings. The molecule has 0 saturated carbocycles. The van der Waals surface area contributed by atoms with E-state index in [1.165, 1.54) is 14.2 Å². The largest absolute Gasteiger partial charge is 0.481 e. The summed E-state index contributed by atoms with van der Waals surface area (Å²) in [4.78, 5) is 154. The molecule has 0 radical (unpaired) electrons. The summed E-state index contributed by atoms with van der Waals surface area (Å²) < 4.78 is 12.2. The Balaban J connectivity index is 1.21. The van der Waals surface area contributed by atoms with Gasteiger partial charge in [0.2, 0.25) is 53.2 Å². The lowest BCUT2D eigenvalue weighted by molar-refractivity contribution is -0.148. The SMILES string of the molecule is CC[C@H](C)[C@@H]([C@@H](CC(=O)N1CCC[C@H]1[C@H](OC)[C@@H](C)C(=O)N[C@@H](Cc1ccccc1)C(=O)NCc1ccc(NC(=O)[C@H](CCCNC(N)=O)NC(=O)[C@@H](NC(=O)CCC(=O)NN2C3CCC2CC(C(=O)O)C3)C(C)C)cc1)OC)N(C)C(=O)[C@@H](NC(=O)[C@H](C(C)C)N(C)C)C(C)C. The minimum atomic E-state index is -1.14. The summed E-state index contributed by atoms with van der Waals surface area (Å²) in [6, 6.07) is 9.27. The number of anilines is 1. The molecular formula is C70H111N13O14. The van der Waals surface area contributed by atoms with Crippen molar-refractivity contribution in [3.63, 3.8) is 0 Å². The van der Waals surface area contributed by atoms with E-state index in [1.54, 1.807) is 61.9 Å². The average Bonchev–Trinajstić information content (AvgIpc) is 1.76. The molecule has 11 amide bonds. The Morgan fingerprint density at radius 2 is 1.29 bits per heavy atom. The van der Waals surface area contributed by atoms with Crippen LogP contribution in [0.5, 0.6) is 0 Å². The van der Waals surface area contributed by atoms with Crippen molar-refractivity contribution in [2.45, 2.75) is 219 Å². The number of hydrogen-bond donors (Lipinski definition) is 10. The highest BCUT2D eigenvalue weighted by Crippen LogP contribution is 2.38. The van der Waals surface area contributed by atoms with Gasteiger partial charge < -0.3 is 67.3 Å². The second-order valence-electron chi connectivity index (χ2n) is 27.7. The van der Waals surface area contributed by atoms with Crippen LogP contribution in [0.3, 0.4) is 0 Å². The van der Waals surface area contributed by atoms with Crippen LogP contribution in [0.4, 0.5) is 10.5 Å². The number of benzene rings is 2. The summed E-state index contributed by atoms with van der Waals surface area (Å²) in [6.45, 7) is 17.4. The van der Waals surface area contributed by atoms with Gasteiger partial charge in [-0.2, -0.15) is 0 Å². The normalized spacial score (nSPS) is 20.0. The number of carboxylic acids is 1. The van der Waals surface area contributed by atoms with E-state index in [9.17, 15) is 57.8 Å². The molecule has 11 N–H and O–H groups in total. The number of amides is 11. The first-order valence-electron chi connectivity index (χ1n) is 34.4. The van der Waals surface area contributed by atoms with E-state index < -0.39 is 120 Å². The molecule has 540 valence electrons. The third-order valence-corrected chi connectivity index (χ3v) is 19.3. The number of hydrazine groups is 1. The number of carbonyl (C=O) groups excluding carboxylic acids is 10. The number of primary amides is 1. The summed E-state index contributed by atoms with van der Waals surface area (Å²) in [7, 11) is 8.39. The maximum absolute atomic E-state index is 14.6. The summed E-state index contributed by atoms with van der Waals surface area (Å²) in [6.07, 6.45) is 2.71. The minimum Gasteiger partial charge on any atom is -0.481 e. The molecule has 2 unspecified atom stereocenters. The number of carbonyl (C=O) groups is 11. The van der Waals surface area contributed by atoms with Crippen molar-refractivity contribution in [1.82, 2.24) is 57.0 Å². The van der Waals surface area contributed by atoms with Crippen molar-refractivity contribution in [3.8, 4) is 0 Å². The number of fused-ring (bicyclic) bond motifs is 2. The van der Waals surface area contributed by atoms with Gasteiger partial charge in [-0.3, -0.25) is 58.3 Å². The highest BCUT2D eigenvalue weighted by atomic mass is 16.5. The van der Waals surface area contributed by atoms with Gasteiger partial charge >= 0.3 is 12.0 Å². The highest BCUT2D eigenvalue weighted by Gasteiger charge is 2.46. The Bertz CT molecular complexity index is 2950. The molecule has 97 heavy (non-hydrogen) atoms. The lowest BCUT2D eigenvalue weighted by atomic mass is 9.89. The number of methoxy groups -OCH3 is 2. The van der Waals surface area contributed by atoms with Crippen molar-refractivity contribution in [1.29, 1.82) is 0 Å². The van der Waals surface area contributed by atoms with Gasteiger partial charge in [-0.1, -0.05) is 111 Å². The second-order valence-corrected chi connectivity index (χ2v) is 27.7. The molecule has 3 aliphatic rings. The van der Waals surface area contributed by atoms with Crippen LogP contribution in [-0.4, -0.2) is 205 Å². The number of nitrogens with one attached hydrogen (secondary N) is 8. The predicted octanol–water partition coefficient (Wildman–Crippen LogP) is 3.83. The number of urea groups is 1. The molecule has 3 aliphatic heterocycles. The zero-order chi connectivity index (χ0) is 72.0. The van der Waals surface area contributed by atoms with E-state index in [4.69, 9.17) is 15.2 Å². The van der Waals surface area contributed by atoms with Crippen LogP contribution in [0.2, 0.25) is 0 Å². The maximum atomic E-state index is 14.6. The topological polar surface area (TPSA) is 362 Å². The first-order valence-corrected chi connectivity index (χ1v) is 34.4. The molecule has 3 heterocycles. The second kappa shape index (κ2) is 38.4. The number of likely N-dealkylation sites (tertiary alicyclic amines) is 1. The van der Waals surface area contributed by atoms with Crippen molar-refractivity contribution in [3.05, 3.63) is 65.7 Å². The fourth-order valence-electron chi connectivity index (χ4n) is 13.8. The predicted molar refractivity (Wildman–Crippen MR) is 366 cm³/mol.